The third-order valence-corrected chi connectivity index (χ3v) is 7.62. The van der Waals surface area contributed by atoms with Gasteiger partial charge in [-0.15, -0.1) is 15.3 Å². The number of nitrogens with two attached hydrogens (primary N) is 1. The van der Waals surface area contributed by atoms with Crippen LogP contribution in [-0.2, 0) is 42.1 Å². The van der Waals surface area contributed by atoms with Crippen LogP contribution >= 0.6 is 23.6 Å². The zero-order valence-electron chi connectivity index (χ0n) is 22.5. The van der Waals surface area contributed by atoms with Gasteiger partial charge in [-0.05, 0) is 37.9 Å². The standard InChI is InChI=1S/C21H35BN10O6S3/c22-27-19(39)25-9-12-38-14-13-37-11-8-24-17(33)6-2-1-3-10-32-15-16(28-31-32)5-4-7-18(34)26-20-29-30-21(40-20)41(23,35)36/h15H,1-14H2,(H,24,33)(H2,23,35,36)(H2,25,27,39)(H,26,29,34). The van der Waals surface area contributed by atoms with Crippen molar-refractivity contribution in [1.29, 1.82) is 0 Å². The summed E-state index contributed by atoms with van der Waals surface area (Å²) in [6.45, 7) is 3.45. The zero-order chi connectivity index (χ0) is 29.9. The molecule has 20 heteroatoms. The molecule has 2 aromatic rings. The lowest BCUT2D eigenvalue weighted by Gasteiger charge is -2.09. The van der Waals surface area contributed by atoms with Gasteiger partial charge in [0.05, 0.1) is 32.1 Å². The number of rotatable bonds is 21. The van der Waals surface area contributed by atoms with Gasteiger partial charge >= 0.3 is 0 Å². The summed E-state index contributed by atoms with van der Waals surface area (Å²) in [5, 5.41) is 31.2. The lowest BCUT2D eigenvalue weighted by atomic mass is 10.2. The molecule has 226 valence electrons. The first-order chi connectivity index (χ1) is 19.7. The maximum absolute atomic E-state index is 12.0. The lowest BCUT2D eigenvalue weighted by Crippen LogP contribution is -2.35. The summed E-state index contributed by atoms with van der Waals surface area (Å²) in [6.07, 6.45) is 6.06. The van der Waals surface area contributed by atoms with Crippen molar-refractivity contribution in [3.63, 3.8) is 0 Å². The summed E-state index contributed by atoms with van der Waals surface area (Å²) < 4.78 is 34.6. The highest BCUT2D eigenvalue weighted by Gasteiger charge is 2.16. The summed E-state index contributed by atoms with van der Waals surface area (Å²) >= 11 is 5.52. The van der Waals surface area contributed by atoms with E-state index in [0.717, 1.165) is 25.0 Å². The Kier molecular flexibility index (Phi) is 16.3. The molecule has 2 aromatic heterocycles. The van der Waals surface area contributed by atoms with Crippen molar-refractivity contribution in [2.24, 2.45) is 5.14 Å². The van der Waals surface area contributed by atoms with Gasteiger partial charge < -0.3 is 30.7 Å². The highest BCUT2D eigenvalue weighted by Crippen LogP contribution is 2.18. The second kappa shape index (κ2) is 19.4. The van der Waals surface area contributed by atoms with Gasteiger partial charge in [0.15, 0.2) is 5.11 Å². The Hall–Kier alpha value is -2.78. The molecule has 2 rings (SSSR count). The van der Waals surface area contributed by atoms with E-state index in [9.17, 15) is 18.0 Å². The van der Waals surface area contributed by atoms with Gasteiger partial charge in [0.1, 0.15) is 0 Å². The van der Waals surface area contributed by atoms with E-state index in [2.05, 4.69) is 41.7 Å². The average Bonchev–Trinajstić information content (AvgIpc) is 3.59. The quantitative estimate of drug-likeness (QED) is 0.0484. The molecular weight excluding hydrogens is 595 g/mol. The monoisotopic (exact) mass is 630 g/mol. The number of hydrogen-bond donors (Lipinski definition) is 5. The number of amides is 2. The number of thiocarbonyl (C=S) groups is 1. The largest absolute Gasteiger partial charge is 0.416 e. The van der Waals surface area contributed by atoms with Crippen molar-refractivity contribution in [3.8, 4) is 0 Å². The molecule has 2 radical (unpaired) electrons. The molecule has 0 saturated carbocycles. The van der Waals surface area contributed by atoms with Gasteiger partial charge in [-0.2, -0.15) is 0 Å². The molecule has 0 saturated heterocycles. The summed E-state index contributed by atoms with van der Waals surface area (Å²) in [6, 6.07) is 0. The summed E-state index contributed by atoms with van der Waals surface area (Å²) in [7, 11) is 1.18. The fourth-order valence-corrected chi connectivity index (χ4v) is 4.70. The molecule has 0 aliphatic carbocycles. The van der Waals surface area contributed by atoms with Crippen LogP contribution in [0.3, 0.4) is 0 Å². The van der Waals surface area contributed by atoms with E-state index in [1.165, 1.54) is 0 Å². The van der Waals surface area contributed by atoms with Gasteiger partial charge in [0.25, 0.3) is 10.0 Å². The molecule has 0 atom stereocenters. The summed E-state index contributed by atoms with van der Waals surface area (Å²) in [5.74, 6) is -0.327. The SMILES string of the molecule is [B]NC(=S)NCCOCCOCCNC(=O)CCCCCn1cc(CCCC(=O)Nc2nnc(S(N)(=O)=O)s2)nn1. The van der Waals surface area contributed by atoms with Crippen LogP contribution in [0.15, 0.2) is 10.5 Å². The molecular formula is C21H35BN10O6S3. The number of hydrogen-bond acceptors (Lipinski definition) is 12. The lowest BCUT2D eigenvalue weighted by molar-refractivity contribution is -0.121. The van der Waals surface area contributed by atoms with E-state index < -0.39 is 10.0 Å². The molecule has 16 nitrogen and oxygen atoms in total. The summed E-state index contributed by atoms with van der Waals surface area (Å²) in [5.41, 5.74) is 0.764. The Morgan fingerprint density at radius 1 is 0.976 bits per heavy atom. The first kappa shape index (κ1) is 34.4. The number of carbonyl (C=O) groups excluding carboxylic acids is 2. The van der Waals surface area contributed by atoms with Crippen molar-refractivity contribution in [3.05, 3.63) is 11.9 Å². The number of nitrogens with zero attached hydrogens (tertiary/aromatic N) is 5. The maximum atomic E-state index is 12.0. The maximum Gasteiger partial charge on any atom is 0.267 e. The smallest absolute Gasteiger partial charge is 0.267 e. The number of nitrogens with one attached hydrogen (secondary N) is 4. The molecule has 2 heterocycles. The van der Waals surface area contributed by atoms with Gasteiger partial charge in [0.2, 0.25) is 29.3 Å². The third-order valence-electron chi connectivity index (χ3n) is 5.21. The number of anilines is 1. The first-order valence-electron chi connectivity index (χ1n) is 12.9. The van der Waals surface area contributed by atoms with Gasteiger partial charge in [0, 0.05) is 38.7 Å². The van der Waals surface area contributed by atoms with E-state index in [0.29, 0.717) is 81.8 Å². The van der Waals surface area contributed by atoms with Crippen molar-refractivity contribution in [2.45, 2.75) is 55.8 Å². The van der Waals surface area contributed by atoms with Crippen molar-refractivity contribution in [1.82, 2.24) is 41.1 Å². The molecule has 41 heavy (non-hydrogen) atoms. The number of unbranched alkanes of at least 4 members (excludes halogenated alkanes) is 2. The minimum absolute atomic E-state index is 0.0107. The number of aryl methyl sites for hydroxylation is 2. The molecule has 0 aliphatic heterocycles. The predicted molar refractivity (Wildman–Crippen MR) is 155 cm³/mol. The highest BCUT2D eigenvalue weighted by molar-refractivity contribution is 7.91. The normalized spacial score (nSPS) is 11.2. The molecule has 0 spiro atoms. The minimum atomic E-state index is -3.95. The molecule has 0 bridgehead atoms. The summed E-state index contributed by atoms with van der Waals surface area (Å²) in [4.78, 5) is 24.0. The van der Waals surface area contributed by atoms with Crippen LogP contribution in [0.25, 0.3) is 0 Å². The van der Waals surface area contributed by atoms with E-state index in [1.807, 2.05) is 6.20 Å². The van der Waals surface area contributed by atoms with Gasteiger partial charge in [-0.3, -0.25) is 14.3 Å². The number of carbonyl (C=O) groups is 2. The Labute approximate surface area is 249 Å². The Bertz CT molecular complexity index is 1200. The minimum Gasteiger partial charge on any atom is -0.416 e. The van der Waals surface area contributed by atoms with Crippen LogP contribution in [0.4, 0.5) is 5.13 Å². The number of sulfonamides is 1. The Morgan fingerprint density at radius 2 is 1.68 bits per heavy atom. The van der Waals surface area contributed by atoms with Crippen LogP contribution in [0.2, 0.25) is 0 Å². The highest BCUT2D eigenvalue weighted by atomic mass is 32.2. The van der Waals surface area contributed by atoms with Crippen LogP contribution in [-0.4, -0.2) is 98.0 Å². The number of aromatic nitrogens is 5. The zero-order valence-corrected chi connectivity index (χ0v) is 25.0. The fraction of sp³-hybridized carbons (Fsp3) is 0.667. The predicted octanol–water partition coefficient (Wildman–Crippen LogP) is -1.00. The van der Waals surface area contributed by atoms with E-state index in [4.69, 9.17) is 34.8 Å². The van der Waals surface area contributed by atoms with E-state index >= 15 is 0 Å². The fourth-order valence-electron chi connectivity index (χ4n) is 3.25. The number of ether oxygens (including phenoxy) is 2. The van der Waals surface area contributed by atoms with Crippen LogP contribution in [0.1, 0.15) is 44.2 Å². The van der Waals surface area contributed by atoms with Gasteiger partial charge in [-0.25, -0.2) is 13.6 Å². The van der Waals surface area contributed by atoms with Crippen molar-refractivity contribution < 1.29 is 27.5 Å². The van der Waals surface area contributed by atoms with Gasteiger partial charge in [-0.1, -0.05) is 23.0 Å². The first-order valence-corrected chi connectivity index (χ1v) is 15.7. The second-order valence-corrected chi connectivity index (χ2v) is 11.7. The molecule has 0 fully saturated rings. The van der Waals surface area contributed by atoms with Crippen molar-refractivity contribution >= 4 is 63.6 Å². The average molecular weight is 631 g/mol. The molecule has 2 amide bonds. The third kappa shape index (κ3) is 15.7. The number of primary sulfonamides is 1. The molecule has 6 N–H and O–H groups in total. The topological polar surface area (TPSA) is 217 Å². The Balaban J connectivity index is 1.43. The molecule has 0 aromatic carbocycles. The van der Waals surface area contributed by atoms with Crippen LogP contribution < -0.4 is 26.3 Å². The molecule has 0 unspecified atom stereocenters. The van der Waals surface area contributed by atoms with E-state index in [-0.39, 0.29) is 27.7 Å². The van der Waals surface area contributed by atoms with Crippen molar-refractivity contribution in [2.75, 3.05) is 44.8 Å². The second-order valence-electron chi connectivity index (χ2n) is 8.58. The van der Waals surface area contributed by atoms with E-state index in [1.54, 1.807) is 4.68 Å². The Morgan fingerprint density at radius 3 is 2.37 bits per heavy atom. The molecule has 0 aliphatic rings. The van der Waals surface area contributed by atoms with Crippen LogP contribution in [0.5, 0.6) is 0 Å². The van der Waals surface area contributed by atoms with Crippen LogP contribution in [0, 0.1) is 0 Å².